The zero-order valence-electron chi connectivity index (χ0n) is 19.3. The summed E-state index contributed by atoms with van der Waals surface area (Å²) in [5.41, 5.74) is 4.83. The molecule has 0 aliphatic heterocycles. The van der Waals surface area contributed by atoms with E-state index in [0.29, 0.717) is 5.39 Å². The summed E-state index contributed by atoms with van der Waals surface area (Å²) in [5.74, 6) is 1.02. The predicted molar refractivity (Wildman–Crippen MR) is 145 cm³/mol. The Bertz CT molecular complexity index is 1460. The molecule has 34 heavy (non-hydrogen) atoms. The number of fused-ring (bicyclic) bond motifs is 1. The predicted octanol–water partition coefficient (Wildman–Crippen LogP) is 7.26. The molecule has 5 nitrogen and oxygen atoms in total. The van der Waals surface area contributed by atoms with Crippen LogP contribution < -0.4 is 5.56 Å². The maximum Gasteiger partial charge on any atom is 0.282 e. The topological polar surface area (TPSA) is 52.2 Å². The number of para-hydroxylation sites is 1. The van der Waals surface area contributed by atoms with Gasteiger partial charge >= 0.3 is 0 Å². The summed E-state index contributed by atoms with van der Waals surface area (Å²) < 4.78 is 5.62. The van der Waals surface area contributed by atoms with E-state index in [4.69, 9.17) is 10.1 Å². The van der Waals surface area contributed by atoms with Crippen LogP contribution in [0.25, 0.3) is 16.6 Å². The van der Waals surface area contributed by atoms with Crippen LogP contribution in [0.15, 0.2) is 67.4 Å². The monoisotopic (exact) mass is 580 g/mol. The maximum atomic E-state index is 13.6. The lowest BCUT2D eigenvalue weighted by molar-refractivity contribution is 0.416. The largest absolute Gasteiger partial charge is 0.317 e. The Balaban J connectivity index is 1.63. The molecule has 5 rings (SSSR count). The first-order chi connectivity index (χ1) is 16.4. The van der Waals surface area contributed by atoms with Crippen LogP contribution in [0, 0.1) is 13.8 Å². The summed E-state index contributed by atoms with van der Waals surface area (Å²) in [6, 6.07) is 15.9. The Morgan fingerprint density at radius 2 is 1.79 bits per heavy atom. The van der Waals surface area contributed by atoms with Crippen molar-refractivity contribution < 1.29 is 0 Å². The third kappa shape index (κ3) is 4.31. The molecule has 2 heterocycles. The standard InChI is InChI=1S/C27H26Br2N4O/c1-17-14-20(18(2)32(17)25-11-7-6-10-23(25)29)16-30-33-26(19-8-4-3-5-9-19)31-24-13-12-21(28)15-22(24)27(33)34/h6-7,10-16,19H,3-5,8-9H2,1-2H3. The molecule has 174 valence electrons. The van der Waals surface area contributed by atoms with Gasteiger partial charge in [-0.3, -0.25) is 4.79 Å². The van der Waals surface area contributed by atoms with Crippen LogP contribution in [0.4, 0.5) is 0 Å². The first-order valence-electron chi connectivity index (χ1n) is 11.6. The molecule has 0 radical (unpaired) electrons. The molecule has 2 aromatic heterocycles. The molecule has 0 bridgehead atoms. The first kappa shape index (κ1) is 23.2. The number of halogens is 2. The van der Waals surface area contributed by atoms with Gasteiger partial charge < -0.3 is 4.57 Å². The van der Waals surface area contributed by atoms with Gasteiger partial charge in [-0.2, -0.15) is 9.78 Å². The van der Waals surface area contributed by atoms with E-state index < -0.39 is 0 Å². The van der Waals surface area contributed by atoms with Crippen molar-refractivity contribution in [2.75, 3.05) is 0 Å². The van der Waals surface area contributed by atoms with Crippen LogP contribution in [0.3, 0.4) is 0 Å². The number of aryl methyl sites for hydroxylation is 1. The molecule has 0 N–H and O–H groups in total. The van der Waals surface area contributed by atoms with E-state index in [2.05, 4.69) is 62.4 Å². The quantitative estimate of drug-likeness (QED) is 0.238. The molecular formula is C27H26Br2N4O. The lowest BCUT2D eigenvalue weighted by Gasteiger charge is -2.22. The summed E-state index contributed by atoms with van der Waals surface area (Å²) in [5, 5.41) is 5.31. The Labute approximate surface area is 215 Å². The zero-order chi connectivity index (χ0) is 23.8. The number of benzene rings is 2. The van der Waals surface area contributed by atoms with E-state index in [1.54, 1.807) is 6.21 Å². The van der Waals surface area contributed by atoms with Crippen LogP contribution in [0.2, 0.25) is 0 Å². The number of hydrogen-bond acceptors (Lipinski definition) is 3. The molecular weight excluding hydrogens is 556 g/mol. The Morgan fingerprint density at radius 3 is 2.56 bits per heavy atom. The van der Waals surface area contributed by atoms with Gasteiger partial charge in [-0.1, -0.05) is 47.3 Å². The molecule has 0 spiro atoms. The number of aromatic nitrogens is 3. The van der Waals surface area contributed by atoms with Crippen molar-refractivity contribution in [1.29, 1.82) is 0 Å². The zero-order valence-corrected chi connectivity index (χ0v) is 22.4. The molecule has 1 saturated carbocycles. The normalized spacial score (nSPS) is 14.9. The molecule has 2 aromatic carbocycles. The Hall–Kier alpha value is -2.51. The highest BCUT2D eigenvalue weighted by Crippen LogP contribution is 2.32. The van der Waals surface area contributed by atoms with Gasteiger partial charge in [0, 0.05) is 31.8 Å². The summed E-state index contributed by atoms with van der Waals surface area (Å²) in [7, 11) is 0. The molecule has 0 atom stereocenters. The summed E-state index contributed by atoms with van der Waals surface area (Å²) in [6.07, 6.45) is 7.45. The molecule has 0 amide bonds. The van der Waals surface area contributed by atoms with Crippen LogP contribution >= 0.6 is 31.9 Å². The van der Waals surface area contributed by atoms with Crippen LogP contribution in [-0.4, -0.2) is 20.4 Å². The van der Waals surface area contributed by atoms with Crippen molar-refractivity contribution in [3.05, 3.63) is 90.6 Å². The van der Waals surface area contributed by atoms with Gasteiger partial charge in [0.15, 0.2) is 0 Å². The highest BCUT2D eigenvalue weighted by Gasteiger charge is 2.22. The highest BCUT2D eigenvalue weighted by atomic mass is 79.9. The van der Waals surface area contributed by atoms with Crippen molar-refractivity contribution in [3.63, 3.8) is 0 Å². The van der Waals surface area contributed by atoms with Crippen LogP contribution in [0.5, 0.6) is 0 Å². The van der Waals surface area contributed by atoms with Crippen LogP contribution in [-0.2, 0) is 0 Å². The minimum atomic E-state index is -0.122. The van der Waals surface area contributed by atoms with Crippen molar-refractivity contribution >= 4 is 49.0 Å². The summed E-state index contributed by atoms with van der Waals surface area (Å²) in [6.45, 7) is 4.16. The molecule has 0 saturated heterocycles. The molecule has 1 aliphatic rings. The van der Waals surface area contributed by atoms with E-state index in [1.807, 2.05) is 36.4 Å². The fourth-order valence-corrected chi connectivity index (χ4v) is 5.77. The van der Waals surface area contributed by atoms with Crippen molar-refractivity contribution in [3.8, 4) is 5.69 Å². The van der Waals surface area contributed by atoms with Gasteiger partial charge in [-0.15, -0.1) is 0 Å². The maximum absolute atomic E-state index is 13.6. The minimum absolute atomic E-state index is 0.122. The van der Waals surface area contributed by atoms with Crippen molar-refractivity contribution in [1.82, 2.24) is 14.2 Å². The van der Waals surface area contributed by atoms with E-state index in [1.165, 1.54) is 11.1 Å². The van der Waals surface area contributed by atoms with Gasteiger partial charge in [-0.25, -0.2) is 4.98 Å². The fourth-order valence-electron chi connectivity index (χ4n) is 4.94. The Morgan fingerprint density at radius 1 is 1.03 bits per heavy atom. The summed E-state index contributed by atoms with van der Waals surface area (Å²) >= 11 is 7.16. The van der Waals surface area contributed by atoms with E-state index >= 15 is 0 Å². The molecule has 4 aromatic rings. The van der Waals surface area contributed by atoms with Gasteiger partial charge in [0.2, 0.25) is 0 Å². The first-order valence-corrected chi connectivity index (χ1v) is 13.2. The van der Waals surface area contributed by atoms with E-state index in [-0.39, 0.29) is 11.5 Å². The molecule has 1 aliphatic carbocycles. The number of nitrogens with zero attached hydrogens (tertiary/aromatic N) is 4. The van der Waals surface area contributed by atoms with Crippen molar-refractivity contribution in [2.45, 2.75) is 51.9 Å². The molecule has 1 fully saturated rings. The SMILES string of the molecule is Cc1cc(C=Nn2c(C3CCCCC3)nc3ccc(Br)cc3c2=O)c(C)n1-c1ccccc1Br. The minimum Gasteiger partial charge on any atom is -0.317 e. The second kappa shape index (κ2) is 9.62. The molecule has 0 unspecified atom stereocenters. The van der Waals surface area contributed by atoms with Crippen molar-refractivity contribution in [2.24, 2.45) is 5.10 Å². The second-order valence-electron chi connectivity index (χ2n) is 8.94. The summed E-state index contributed by atoms with van der Waals surface area (Å²) in [4.78, 5) is 18.5. The third-order valence-corrected chi connectivity index (χ3v) is 7.84. The fraction of sp³-hybridized carbons (Fsp3) is 0.296. The smallest absolute Gasteiger partial charge is 0.282 e. The van der Waals surface area contributed by atoms with Gasteiger partial charge in [0.25, 0.3) is 5.56 Å². The third-order valence-electron chi connectivity index (χ3n) is 6.68. The average molecular weight is 582 g/mol. The van der Waals surface area contributed by atoms with Gasteiger partial charge in [-0.05, 0) is 79.0 Å². The second-order valence-corrected chi connectivity index (χ2v) is 10.7. The number of rotatable bonds is 4. The van der Waals surface area contributed by atoms with Gasteiger partial charge in [0.05, 0.1) is 22.8 Å². The van der Waals surface area contributed by atoms with E-state index in [0.717, 1.165) is 68.6 Å². The van der Waals surface area contributed by atoms with Crippen LogP contribution in [0.1, 0.15) is 60.8 Å². The lowest BCUT2D eigenvalue weighted by Crippen LogP contribution is -2.25. The van der Waals surface area contributed by atoms with E-state index in [9.17, 15) is 4.79 Å². The average Bonchev–Trinajstić information content (AvgIpc) is 3.12. The molecule has 7 heteroatoms. The highest BCUT2D eigenvalue weighted by molar-refractivity contribution is 9.10. The van der Waals surface area contributed by atoms with Gasteiger partial charge in [0.1, 0.15) is 5.82 Å². The Kier molecular flexibility index (Phi) is 6.58. The number of hydrogen-bond donors (Lipinski definition) is 0. The lowest BCUT2D eigenvalue weighted by atomic mass is 9.88.